The second kappa shape index (κ2) is 4.78. The molecule has 0 radical (unpaired) electrons. The van der Waals surface area contributed by atoms with Crippen molar-refractivity contribution in [1.29, 1.82) is 0 Å². The van der Waals surface area contributed by atoms with E-state index in [-0.39, 0.29) is 0 Å². The fourth-order valence-corrected chi connectivity index (χ4v) is 2.56. The van der Waals surface area contributed by atoms with Gasteiger partial charge in [-0.25, -0.2) is 0 Å². The molecule has 0 amide bonds. The molecule has 0 saturated heterocycles. The van der Waals surface area contributed by atoms with E-state index in [0.29, 0.717) is 0 Å². The average molecular weight is 239 g/mol. The van der Waals surface area contributed by atoms with E-state index < -0.39 is 0 Å². The number of anilines is 1. The number of rotatable bonds is 3. The quantitative estimate of drug-likeness (QED) is 0.891. The molecular formula is C15H17N3. The lowest BCUT2D eigenvalue weighted by molar-refractivity contribution is 0.792. The molecule has 1 aromatic carbocycles. The molecule has 3 rings (SSSR count). The van der Waals surface area contributed by atoms with Gasteiger partial charge in [-0.05, 0) is 24.2 Å². The van der Waals surface area contributed by atoms with Crippen LogP contribution in [0.25, 0.3) is 0 Å². The zero-order chi connectivity index (χ0) is 12.4. The molecule has 0 atom stereocenters. The fourth-order valence-electron chi connectivity index (χ4n) is 2.56. The molecule has 2 aromatic rings. The smallest absolute Gasteiger partial charge is 0.0448 e. The molecule has 1 aliphatic heterocycles. The molecule has 0 fully saturated rings. The lowest BCUT2D eigenvalue weighted by atomic mass is 10.1. The second-order valence-electron chi connectivity index (χ2n) is 4.66. The van der Waals surface area contributed by atoms with Gasteiger partial charge in [-0.15, -0.1) is 0 Å². The summed E-state index contributed by atoms with van der Waals surface area (Å²) in [5, 5.41) is 3.20. The Morgan fingerprint density at radius 2 is 1.89 bits per heavy atom. The van der Waals surface area contributed by atoms with Crippen LogP contribution in [-0.2, 0) is 19.6 Å². The van der Waals surface area contributed by atoms with Crippen molar-refractivity contribution in [3.63, 3.8) is 0 Å². The first-order valence-electron chi connectivity index (χ1n) is 6.27. The van der Waals surface area contributed by atoms with E-state index in [9.17, 15) is 0 Å². The molecule has 0 unspecified atom stereocenters. The third-order valence-corrected chi connectivity index (χ3v) is 3.43. The first-order valence-corrected chi connectivity index (χ1v) is 6.27. The van der Waals surface area contributed by atoms with Crippen molar-refractivity contribution in [1.82, 2.24) is 10.3 Å². The number of pyridine rings is 1. The summed E-state index contributed by atoms with van der Waals surface area (Å²) in [5.41, 5.74) is 5.41. The van der Waals surface area contributed by atoms with Crippen LogP contribution in [0.3, 0.4) is 0 Å². The van der Waals surface area contributed by atoms with E-state index in [1.54, 1.807) is 0 Å². The van der Waals surface area contributed by atoms with Crippen molar-refractivity contribution in [3.8, 4) is 0 Å². The van der Waals surface area contributed by atoms with Crippen LogP contribution in [0.5, 0.6) is 0 Å². The van der Waals surface area contributed by atoms with E-state index in [1.165, 1.54) is 22.4 Å². The van der Waals surface area contributed by atoms with Gasteiger partial charge >= 0.3 is 0 Å². The minimum absolute atomic E-state index is 0.857. The van der Waals surface area contributed by atoms with E-state index in [1.807, 2.05) is 19.4 Å². The molecule has 0 bridgehead atoms. The number of hydrogen-bond donors (Lipinski definition) is 1. The van der Waals surface area contributed by atoms with Crippen molar-refractivity contribution in [2.75, 3.05) is 11.9 Å². The summed E-state index contributed by atoms with van der Waals surface area (Å²) in [6, 6.07) is 10.8. The van der Waals surface area contributed by atoms with Gasteiger partial charge < -0.3 is 10.2 Å². The molecule has 1 aromatic heterocycles. The molecule has 92 valence electrons. The molecule has 2 heterocycles. The minimum atomic E-state index is 0.857. The predicted octanol–water partition coefficient (Wildman–Crippen LogP) is 2.32. The molecule has 3 heteroatoms. The summed E-state index contributed by atoms with van der Waals surface area (Å²) in [6.45, 7) is 2.85. The second-order valence-corrected chi connectivity index (χ2v) is 4.66. The van der Waals surface area contributed by atoms with E-state index in [0.717, 1.165) is 19.6 Å². The van der Waals surface area contributed by atoms with Gasteiger partial charge in [-0.1, -0.05) is 24.3 Å². The van der Waals surface area contributed by atoms with Gasteiger partial charge in [0.1, 0.15) is 0 Å². The van der Waals surface area contributed by atoms with Crippen molar-refractivity contribution in [2.24, 2.45) is 0 Å². The molecule has 0 saturated carbocycles. The minimum Gasteiger partial charge on any atom is -0.362 e. The zero-order valence-electron chi connectivity index (χ0n) is 10.6. The molecule has 3 nitrogen and oxygen atoms in total. The highest BCUT2D eigenvalue weighted by molar-refractivity contribution is 5.56. The van der Waals surface area contributed by atoms with Crippen LogP contribution >= 0.6 is 0 Å². The van der Waals surface area contributed by atoms with Crippen molar-refractivity contribution >= 4 is 5.69 Å². The standard InChI is InChI=1S/C15H17N3/c1-16-8-14-9-17-7-6-15(14)18-10-12-4-2-3-5-13(12)11-18/h2-7,9,16H,8,10-11H2,1H3. The number of fused-ring (bicyclic) bond motifs is 1. The van der Waals surface area contributed by atoms with Crippen LogP contribution in [0.2, 0.25) is 0 Å². The largest absolute Gasteiger partial charge is 0.362 e. The summed E-state index contributed by atoms with van der Waals surface area (Å²) in [7, 11) is 1.97. The van der Waals surface area contributed by atoms with Gasteiger partial charge in [-0.2, -0.15) is 0 Å². The van der Waals surface area contributed by atoms with Crippen LogP contribution in [0, 0.1) is 0 Å². The monoisotopic (exact) mass is 239 g/mol. The molecule has 1 aliphatic rings. The van der Waals surface area contributed by atoms with E-state index >= 15 is 0 Å². The zero-order valence-corrected chi connectivity index (χ0v) is 10.6. The van der Waals surface area contributed by atoms with Crippen LogP contribution in [0.1, 0.15) is 16.7 Å². The van der Waals surface area contributed by atoms with Gasteiger partial charge in [0.05, 0.1) is 0 Å². The SMILES string of the molecule is CNCc1cnccc1N1Cc2ccccc2C1. The Hall–Kier alpha value is -1.87. The third kappa shape index (κ3) is 1.97. The molecule has 18 heavy (non-hydrogen) atoms. The number of nitrogens with zero attached hydrogens (tertiary/aromatic N) is 2. The summed E-state index contributed by atoms with van der Waals surface area (Å²) in [6.07, 6.45) is 3.83. The van der Waals surface area contributed by atoms with Gasteiger partial charge in [-0.3, -0.25) is 4.98 Å². The molecule has 0 aliphatic carbocycles. The highest BCUT2D eigenvalue weighted by atomic mass is 15.1. The van der Waals surface area contributed by atoms with Crippen LogP contribution in [0.15, 0.2) is 42.7 Å². The Bertz CT molecular complexity index is 526. The first kappa shape index (κ1) is 11.2. The predicted molar refractivity (Wildman–Crippen MR) is 73.3 cm³/mol. The highest BCUT2D eigenvalue weighted by Gasteiger charge is 2.20. The summed E-state index contributed by atoms with van der Waals surface area (Å²) in [4.78, 5) is 6.63. The van der Waals surface area contributed by atoms with Crippen LogP contribution in [0.4, 0.5) is 5.69 Å². The number of benzene rings is 1. The molecule has 1 N–H and O–H groups in total. The Kier molecular flexibility index (Phi) is 2.99. The van der Waals surface area contributed by atoms with Crippen LogP contribution in [-0.4, -0.2) is 12.0 Å². The van der Waals surface area contributed by atoms with Gasteiger partial charge in [0.15, 0.2) is 0 Å². The number of aromatic nitrogens is 1. The normalized spacial score (nSPS) is 13.7. The van der Waals surface area contributed by atoms with Crippen LogP contribution < -0.4 is 10.2 Å². The van der Waals surface area contributed by atoms with Crippen molar-refractivity contribution in [3.05, 3.63) is 59.4 Å². The molecular weight excluding hydrogens is 222 g/mol. The number of hydrogen-bond acceptors (Lipinski definition) is 3. The Balaban J connectivity index is 1.90. The van der Waals surface area contributed by atoms with Crippen molar-refractivity contribution in [2.45, 2.75) is 19.6 Å². The average Bonchev–Trinajstić information content (AvgIpc) is 2.83. The first-order chi connectivity index (χ1) is 8.88. The Labute approximate surface area is 107 Å². The number of nitrogens with one attached hydrogen (secondary N) is 1. The van der Waals surface area contributed by atoms with Gasteiger partial charge in [0.25, 0.3) is 0 Å². The highest BCUT2D eigenvalue weighted by Crippen LogP contribution is 2.29. The maximum Gasteiger partial charge on any atom is 0.0448 e. The maximum absolute atomic E-state index is 4.22. The summed E-state index contributed by atoms with van der Waals surface area (Å²) in [5.74, 6) is 0. The summed E-state index contributed by atoms with van der Waals surface area (Å²) >= 11 is 0. The maximum atomic E-state index is 4.22. The lowest BCUT2D eigenvalue weighted by Crippen LogP contribution is -2.18. The van der Waals surface area contributed by atoms with Crippen molar-refractivity contribution < 1.29 is 0 Å². The molecule has 0 spiro atoms. The van der Waals surface area contributed by atoms with Gasteiger partial charge in [0.2, 0.25) is 0 Å². The fraction of sp³-hybridized carbons (Fsp3) is 0.267. The third-order valence-electron chi connectivity index (χ3n) is 3.43. The Morgan fingerprint density at radius 1 is 1.17 bits per heavy atom. The summed E-state index contributed by atoms with van der Waals surface area (Å²) < 4.78 is 0. The van der Waals surface area contributed by atoms with E-state index in [4.69, 9.17) is 0 Å². The topological polar surface area (TPSA) is 28.2 Å². The van der Waals surface area contributed by atoms with E-state index in [2.05, 4.69) is 45.5 Å². The Morgan fingerprint density at radius 3 is 2.56 bits per heavy atom. The van der Waals surface area contributed by atoms with Gasteiger partial charge in [0, 0.05) is 43.3 Å². The lowest BCUT2D eigenvalue weighted by Gasteiger charge is -2.21.